The third-order valence-electron chi connectivity index (χ3n) is 8.24. The number of pyridine rings is 1. The van der Waals surface area contributed by atoms with E-state index in [1.807, 2.05) is 12.3 Å². The lowest BCUT2D eigenvalue weighted by Gasteiger charge is -2.21. The second kappa shape index (κ2) is 9.97. The summed E-state index contributed by atoms with van der Waals surface area (Å²) in [7, 11) is 0. The summed E-state index contributed by atoms with van der Waals surface area (Å²) in [6.07, 6.45) is 1.90. The van der Waals surface area contributed by atoms with Crippen molar-refractivity contribution in [3.05, 3.63) is 94.7 Å². The maximum absolute atomic E-state index is 6.65. The van der Waals surface area contributed by atoms with Gasteiger partial charge in [-0.25, -0.2) is 9.98 Å². The first kappa shape index (κ1) is 29.0. The molecule has 0 spiro atoms. The number of aromatic nitrogens is 2. The number of nitrogens with zero attached hydrogens (tertiary/aromatic N) is 3. The maximum atomic E-state index is 6.65. The number of hydrogen-bond donors (Lipinski definition) is 0. The molecule has 5 aromatic rings. The van der Waals surface area contributed by atoms with Gasteiger partial charge in [-0.1, -0.05) is 47.6 Å². The van der Waals surface area contributed by atoms with Crippen LogP contribution < -0.4 is 4.74 Å². The molecule has 0 saturated heterocycles. The van der Waals surface area contributed by atoms with Crippen molar-refractivity contribution in [2.24, 2.45) is 4.99 Å². The van der Waals surface area contributed by atoms with E-state index in [2.05, 4.69) is 128 Å². The predicted molar refractivity (Wildman–Crippen MR) is 179 cm³/mol. The topological polar surface area (TPSA) is 48.6 Å². The number of benzene rings is 3. The summed E-state index contributed by atoms with van der Waals surface area (Å²) < 4.78 is 14.9. The van der Waals surface area contributed by atoms with Crippen LogP contribution in [0, 0.1) is 13.8 Å². The van der Waals surface area contributed by atoms with Crippen LogP contribution in [0.15, 0.2) is 71.9 Å². The fourth-order valence-electron chi connectivity index (χ4n) is 5.82. The standard InChI is InChI=1S/C38H43N3O2/c1-23-15-28(41-32-12-11-26(36(3,4)5)20-31(32)33-24(2)13-14-39-34(33)41)21-29(16-23)43-30-18-25(17-27(19-30)37(6,7)8)35-40-38(9,10)22-42-35/h11-21H,22H2,1-10H3. The van der Waals surface area contributed by atoms with Gasteiger partial charge in [0.1, 0.15) is 23.8 Å². The summed E-state index contributed by atoms with van der Waals surface area (Å²) in [6, 6.07) is 21.7. The van der Waals surface area contributed by atoms with Crippen molar-refractivity contribution in [3.63, 3.8) is 0 Å². The summed E-state index contributed by atoms with van der Waals surface area (Å²) in [5, 5.41) is 2.41. The van der Waals surface area contributed by atoms with Crippen molar-refractivity contribution in [2.45, 2.75) is 85.6 Å². The quantitative estimate of drug-likeness (QED) is 0.215. The van der Waals surface area contributed by atoms with Crippen LogP contribution in [-0.4, -0.2) is 27.6 Å². The molecule has 0 unspecified atom stereocenters. The molecule has 0 saturated carbocycles. The highest BCUT2D eigenvalue weighted by Gasteiger charge is 2.28. The lowest BCUT2D eigenvalue weighted by Crippen LogP contribution is -2.17. The van der Waals surface area contributed by atoms with Gasteiger partial charge >= 0.3 is 0 Å². The van der Waals surface area contributed by atoms with Crippen molar-refractivity contribution >= 4 is 27.8 Å². The SMILES string of the molecule is Cc1cc(Oc2cc(C3=NC(C)(C)CO3)cc(C(C)(C)C)c2)cc(-n2c3ccc(C(C)(C)C)cc3c3c(C)ccnc32)c1. The van der Waals surface area contributed by atoms with Gasteiger partial charge in [0, 0.05) is 28.6 Å². The molecule has 2 aromatic heterocycles. The van der Waals surface area contributed by atoms with Crippen LogP contribution in [0.1, 0.15) is 83.2 Å². The van der Waals surface area contributed by atoms with E-state index < -0.39 is 0 Å². The van der Waals surface area contributed by atoms with Gasteiger partial charge in [-0.05, 0) is 109 Å². The summed E-state index contributed by atoms with van der Waals surface area (Å²) >= 11 is 0. The minimum Gasteiger partial charge on any atom is -0.475 e. The minimum atomic E-state index is -0.234. The number of fused-ring (bicyclic) bond motifs is 3. The van der Waals surface area contributed by atoms with Crippen LogP contribution in [0.4, 0.5) is 0 Å². The molecule has 0 aliphatic carbocycles. The molecule has 0 amide bonds. The molecule has 0 atom stereocenters. The Bertz CT molecular complexity index is 1910. The lowest BCUT2D eigenvalue weighted by atomic mass is 9.86. The molecule has 0 radical (unpaired) electrons. The van der Waals surface area contributed by atoms with E-state index in [0.29, 0.717) is 12.5 Å². The summed E-state index contributed by atoms with van der Waals surface area (Å²) in [5.41, 5.74) is 8.60. The molecule has 0 N–H and O–H groups in total. The largest absolute Gasteiger partial charge is 0.475 e. The van der Waals surface area contributed by atoms with Gasteiger partial charge in [0.05, 0.1) is 16.7 Å². The number of aryl methyl sites for hydroxylation is 2. The van der Waals surface area contributed by atoms with Crippen molar-refractivity contribution in [1.82, 2.24) is 9.55 Å². The van der Waals surface area contributed by atoms with E-state index in [9.17, 15) is 0 Å². The molecular formula is C38H43N3O2. The number of rotatable bonds is 4. The molecule has 3 heterocycles. The maximum Gasteiger partial charge on any atom is 0.216 e. The molecule has 1 aliphatic rings. The first-order valence-electron chi connectivity index (χ1n) is 15.2. The summed E-state index contributed by atoms with van der Waals surface area (Å²) in [6.45, 7) is 22.5. The van der Waals surface area contributed by atoms with Crippen LogP contribution in [0.5, 0.6) is 11.5 Å². The van der Waals surface area contributed by atoms with Gasteiger partial charge in [-0.2, -0.15) is 0 Å². The molecule has 222 valence electrons. The third-order valence-corrected chi connectivity index (χ3v) is 8.24. The molecule has 3 aromatic carbocycles. The minimum absolute atomic E-state index is 0.0500. The fraction of sp³-hybridized carbons (Fsp3) is 0.368. The fourth-order valence-corrected chi connectivity index (χ4v) is 5.82. The van der Waals surface area contributed by atoms with Gasteiger partial charge < -0.3 is 9.47 Å². The van der Waals surface area contributed by atoms with E-state index in [1.54, 1.807) is 0 Å². The van der Waals surface area contributed by atoms with Crippen LogP contribution >= 0.6 is 0 Å². The van der Waals surface area contributed by atoms with Crippen molar-refractivity contribution < 1.29 is 9.47 Å². The van der Waals surface area contributed by atoms with E-state index >= 15 is 0 Å². The van der Waals surface area contributed by atoms with E-state index in [-0.39, 0.29) is 16.4 Å². The second-order valence-electron chi connectivity index (χ2n) is 14.8. The molecule has 0 fully saturated rings. The Balaban J connectivity index is 1.49. The normalized spacial score (nSPS) is 15.2. The Hall–Kier alpha value is -4.12. The lowest BCUT2D eigenvalue weighted by molar-refractivity contribution is 0.279. The Morgan fingerprint density at radius 2 is 1.53 bits per heavy atom. The average Bonchev–Trinajstić information content (AvgIpc) is 3.44. The van der Waals surface area contributed by atoms with Crippen molar-refractivity contribution in [1.29, 1.82) is 0 Å². The van der Waals surface area contributed by atoms with Crippen LogP contribution in [0.25, 0.3) is 27.6 Å². The third kappa shape index (κ3) is 5.53. The number of aliphatic imine (C=N–C) groups is 1. The van der Waals surface area contributed by atoms with Gasteiger partial charge in [0.25, 0.3) is 0 Å². The molecule has 5 heteroatoms. The van der Waals surface area contributed by atoms with Crippen LogP contribution in [0.3, 0.4) is 0 Å². The second-order valence-corrected chi connectivity index (χ2v) is 14.8. The van der Waals surface area contributed by atoms with Gasteiger partial charge in [0.15, 0.2) is 0 Å². The number of ether oxygens (including phenoxy) is 2. The molecule has 43 heavy (non-hydrogen) atoms. The zero-order chi connectivity index (χ0) is 30.9. The van der Waals surface area contributed by atoms with Crippen LogP contribution in [-0.2, 0) is 15.6 Å². The van der Waals surface area contributed by atoms with Crippen molar-refractivity contribution in [3.8, 4) is 17.2 Å². The summed E-state index contributed by atoms with van der Waals surface area (Å²) in [4.78, 5) is 9.73. The first-order chi connectivity index (χ1) is 20.1. The number of hydrogen-bond acceptors (Lipinski definition) is 4. The van der Waals surface area contributed by atoms with E-state index in [0.717, 1.165) is 39.5 Å². The Kier molecular flexibility index (Phi) is 6.72. The average molecular weight is 574 g/mol. The van der Waals surface area contributed by atoms with E-state index in [1.165, 1.54) is 27.5 Å². The highest BCUT2D eigenvalue weighted by molar-refractivity contribution is 6.09. The smallest absolute Gasteiger partial charge is 0.216 e. The highest BCUT2D eigenvalue weighted by Crippen LogP contribution is 2.38. The molecule has 5 nitrogen and oxygen atoms in total. The van der Waals surface area contributed by atoms with Gasteiger partial charge in [0.2, 0.25) is 5.90 Å². The zero-order valence-electron chi connectivity index (χ0n) is 27.2. The predicted octanol–water partition coefficient (Wildman–Crippen LogP) is 9.74. The Morgan fingerprint density at radius 1 is 0.814 bits per heavy atom. The highest BCUT2D eigenvalue weighted by atomic mass is 16.5. The molecule has 0 bridgehead atoms. The van der Waals surface area contributed by atoms with Crippen LogP contribution in [0.2, 0.25) is 0 Å². The monoisotopic (exact) mass is 573 g/mol. The summed E-state index contributed by atoms with van der Waals surface area (Å²) in [5.74, 6) is 2.21. The van der Waals surface area contributed by atoms with Gasteiger partial charge in [-0.15, -0.1) is 0 Å². The first-order valence-corrected chi connectivity index (χ1v) is 15.2. The van der Waals surface area contributed by atoms with Crippen molar-refractivity contribution in [2.75, 3.05) is 6.61 Å². The molecule has 6 rings (SSSR count). The molecule has 1 aliphatic heterocycles. The Labute approximate surface area is 255 Å². The molecular weight excluding hydrogens is 530 g/mol. The zero-order valence-corrected chi connectivity index (χ0v) is 27.2. The van der Waals surface area contributed by atoms with Gasteiger partial charge in [-0.3, -0.25) is 4.57 Å². The van der Waals surface area contributed by atoms with E-state index in [4.69, 9.17) is 19.5 Å². The Morgan fingerprint density at radius 3 is 2.21 bits per heavy atom.